The lowest BCUT2D eigenvalue weighted by molar-refractivity contribution is -0.191. The van der Waals surface area contributed by atoms with Crippen LogP contribution in [0.2, 0.25) is 0 Å². The molecule has 111 valence electrons. The second-order valence-electron chi connectivity index (χ2n) is 5.71. The van der Waals surface area contributed by atoms with E-state index in [9.17, 15) is 0 Å². The van der Waals surface area contributed by atoms with Crippen LogP contribution in [0.15, 0.2) is 12.7 Å². The average Bonchev–Trinajstić information content (AvgIpc) is 3.04. The van der Waals surface area contributed by atoms with Gasteiger partial charge < -0.3 is 19.9 Å². The summed E-state index contributed by atoms with van der Waals surface area (Å²) in [4.78, 5) is 12.4. The van der Waals surface area contributed by atoms with Gasteiger partial charge in [-0.25, -0.2) is 15.0 Å². The van der Waals surface area contributed by atoms with Gasteiger partial charge in [-0.1, -0.05) is 0 Å². The van der Waals surface area contributed by atoms with Crippen molar-refractivity contribution in [2.24, 2.45) is 0 Å². The molecule has 8 heteroatoms. The first-order valence-corrected chi connectivity index (χ1v) is 6.73. The van der Waals surface area contributed by atoms with Crippen LogP contribution in [0.25, 0.3) is 11.2 Å². The average molecular weight is 290 g/mol. The first-order chi connectivity index (χ1) is 9.96. The summed E-state index contributed by atoms with van der Waals surface area (Å²) in [7, 11) is 0. The van der Waals surface area contributed by atoms with E-state index in [-0.39, 0.29) is 18.3 Å². The van der Waals surface area contributed by atoms with Crippen LogP contribution in [0.4, 0.5) is 5.82 Å². The van der Waals surface area contributed by atoms with Crippen LogP contribution in [0.3, 0.4) is 0 Å². The predicted molar refractivity (Wildman–Crippen MR) is 72.8 cm³/mol. The fourth-order valence-corrected chi connectivity index (χ4v) is 2.94. The van der Waals surface area contributed by atoms with E-state index < -0.39 is 12.0 Å². The van der Waals surface area contributed by atoms with Gasteiger partial charge in [0.25, 0.3) is 0 Å². The van der Waals surface area contributed by atoms with E-state index in [1.165, 1.54) is 6.33 Å². The van der Waals surface area contributed by atoms with Crippen molar-refractivity contribution in [1.82, 2.24) is 19.5 Å². The van der Waals surface area contributed by atoms with Crippen molar-refractivity contribution < 1.29 is 14.2 Å². The Hall–Kier alpha value is -1.77. The summed E-state index contributed by atoms with van der Waals surface area (Å²) >= 11 is 0. The Morgan fingerprint density at radius 1 is 1.24 bits per heavy atom. The van der Waals surface area contributed by atoms with Gasteiger partial charge in [0.1, 0.15) is 24.1 Å². The standard InChI is InChI=1S/C13H16N5O3/c1-6-8-9(21-13(2,3)20-8)12(19-6)18-5-17-7-10(14)15-4-16-11(7)18/h4-6,8-9,12H,1H2,2-3H3,(H2,14,15,16)/t6-,8-,9-,12-/m1/s1. The molecule has 2 saturated heterocycles. The molecule has 2 N–H and O–H groups in total. The molecule has 4 rings (SSSR count). The molecule has 2 fully saturated rings. The highest BCUT2D eigenvalue weighted by Gasteiger charge is 2.54. The zero-order valence-electron chi connectivity index (χ0n) is 11.8. The Bertz CT molecular complexity index is 700. The van der Waals surface area contributed by atoms with Crippen LogP contribution in [0.5, 0.6) is 0 Å². The van der Waals surface area contributed by atoms with E-state index in [1.807, 2.05) is 13.8 Å². The van der Waals surface area contributed by atoms with E-state index in [0.717, 1.165) is 0 Å². The predicted octanol–water partition coefficient (Wildman–Crippen LogP) is 0.660. The number of anilines is 1. The minimum Gasteiger partial charge on any atom is -0.382 e. The van der Waals surface area contributed by atoms with E-state index in [4.69, 9.17) is 19.9 Å². The first-order valence-electron chi connectivity index (χ1n) is 6.73. The zero-order chi connectivity index (χ0) is 14.8. The van der Waals surface area contributed by atoms with Crippen molar-refractivity contribution in [3.05, 3.63) is 19.6 Å². The van der Waals surface area contributed by atoms with Gasteiger partial charge in [0, 0.05) is 0 Å². The third-order valence-corrected chi connectivity index (χ3v) is 3.79. The molecular formula is C13H16N5O3. The summed E-state index contributed by atoms with van der Waals surface area (Å²) in [6.07, 6.45) is 1.82. The number of hydrogen-bond donors (Lipinski definition) is 1. The molecule has 0 saturated carbocycles. The van der Waals surface area contributed by atoms with Gasteiger partial charge in [0.15, 0.2) is 23.5 Å². The topological polar surface area (TPSA) is 97.3 Å². The van der Waals surface area contributed by atoms with Gasteiger partial charge in [-0.15, -0.1) is 0 Å². The molecule has 21 heavy (non-hydrogen) atoms. The molecule has 1 radical (unpaired) electrons. The maximum atomic E-state index is 5.95. The van der Waals surface area contributed by atoms with Crippen LogP contribution in [-0.2, 0) is 14.2 Å². The number of imidazole rings is 1. The Kier molecular flexibility index (Phi) is 2.54. The summed E-state index contributed by atoms with van der Waals surface area (Å²) in [6.45, 7) is 7.74. The fraction of sp³-hybridized carbons (Fsp3) is 0.538. The number of aromatic nitrogens is 4. The van der Waals surface area contributed by atoms with Gasteiger partial charge in [-0.2, -0.15) is 0 Å². The second-order valence-corrected chi connectivity index (χ2v) is 5.71. The molecule has 4 atom stereocenters. The van der Waals surface area contributed by atoms with E-state index in [0.29, 0.717) is 17.0 Å². The number of ether oxygens (including phenoxy) is 3. The molecule has 0 unspecified atom stereocenters. The number of rotatable bonds is 1. The highest BCUT2D eigenvalue weighted by molar-refractivity contribution is 5.81. The van der Waals surface area contributed by atoms with Gasteiger partial charge in [0.05, 0.1) is 12.4 Å². The van der Waals surface area contributed by atoms with Crippen molar-refractivity contribution in [1.29, 1.82) is 0 Å². The van der Waals surface area contributed by atoms with Crippen LogP contribution in [-0.4, -0.2) is 43.6 Å². The molecule has 4 heterocycles. The summed E-state index contributed by atoms with van der Waals surface area (Å²) in [6, 6.07) is 0. The Morgan fingerprint density at radius 2 is 2.00 bits per heavy atom. The maximum Gasteiger partial charge on any atom is 0.167 e. The van der Waals surface area contributed by atoms with Crippen LogP contribution in [0, 0.1) is 6.92 Å². The number of fused-ring (bicyclic) bond motifs is 2. The smallest absolute Gasteiger partial charge is 0.167 e. The van der Waals surface area contributed by atoms with Crippen LogP contribution >= 0.6 is 0 Å². The Labute approximate surface area is 121 Å². The molecule has 2 aromatic rings. The quantitative estimate of drug-likeness (QED) is 0.823. The maximum absolute atomic E-state index is 5.95. The molecule has 0 aromatic carbocycles. The van der Waals surface area contributed by atoms with Gasteiger partial charge >= 0.3 is 0 Å². The third-order valence-electron chi connectivity index (χ3n) is 3.79. The molecule has 0 aliphatic carbocycles. The number of nitrogens with two attached hydrogens (primary N) is 1. The third kappa shape index (κ3) is 1.83. The van der Waals surface area contributed by atoms with Crippen LogP contribution in [0.1, 0.15) is 20.1 Å². The number of nitrogens with zero attached hydrogens (tertiary/aromatic N) is 4. The lowest BCUT2D eigenvalue weighted by Crippen LogP contribution is -2.27. The Morgan fingerprint density at radius 3 is 2.81 bits per heavy atom. The van der Waals surface area contributed by atoms with Crippen molar-refractivity contribution in [2.45, 2.75) is 44.2 Å². The molecule has 2 aromatic heterocycles. The van der Waals surface area contributed by atoms with Crippen LogP contribution < -0.4 is 5.73 Å². The van der Waals surface area contributed by atoms with Crippen molar-refractivity contribution in [3.8, 4) is 0 Å². The normalized spacial score (nSPS) is 34.4. The monoisotopic (exact) mass is 290 g/mol. The molecule has 0 spiro atoms. The summed E-state index contributed by atoms with van der Waals surface area (Å²) in [5.41, 5.74) is 6.96. The molecular weight excluding hydrogens is 274 g/mol. The fourth-order valence-electron chi connectivity index (χ4n) is 2.94. The van der Waals surface area contributed by atoms with Crippen molar-refractivity contribution in [3.63, 3.8) is 0 Å². The minimum absolute atomic E-state index is 0.221. The molecule has 0 bridgehead atoms. The Balaban J connectivity index is 1.77. The van der Waals surface area contributed by atoms with Gasteiger partial charge in [-0.05, 0) is 20.8 Å². The van der Waals surface area contributed by atoms with Gasteiger partial charge in [0.2, 0.25) is 0 Å². The largest absolute Gasteiger partial charge is 0.382 e. The first kappa shape index (κ1) is 12.9. The summed E-state index contributed by atoms with van der Waals surface area (Å²) in [5, 5.41) is 0. The summed E-state index contributed by atoms with van der Waals surface area (Å²) in [5.74, 6) is -0.319. The highest BCUT2D eigenvalue weighted by Crippen LogP contribution is 2.43. The SMILES string of the molecule is [CH2][C@H]1O[C@@H](n2cnc3c(N)ncnc32)[C@@H]2OC(C)(C)O[C@@H]21. The van der Waals surface area contributed by atoms with E-state index >= 15 is 0 Å². The molecule has 0 amide bonds. The highest BCUT2D eigenvalue weighted by atomic mass is 16.8. The summed E-state index contributed by atoms with van der Waals surface area (Å²) < 4.78 is 19.5. The molecule has 2 aliphatic rings. The van der Waals surface area contributed by atoms with Crippen molar-refractivity contribution >= 4 is 17.0 Å². The lowest BCUT2D eigenvalue weighted by atomic mass is 10.1. The van der Waals surface area contributed by atoms with Crippen molar-refractivity contribution in [2.75, 3.05) is 5.73 Å². The minimum atomic E-state index is -0.655. The van der Waals surface area contributed by atoms with E-state index in [2.05, 4.69) is 21.9 Å². The number of hydrogen-bond acceptors (Lipinski definition) is 7. The lowest BCUT2D eigenvalue weighted by Gasteiger charge is -2.23. The molecule has 8 nitrogen and oxygen atoms in total. The molecule has 2 aliphatic heterocycles. The number of nitrogen functional groups attached to an aromatic ring is 1. The van der Waals surface area contributed by atoms with E-state index in [1.54, 1.807) is 10.9 Å². The second kappa shape index (κ2) is 4.12. The zero-order valence-corrected chi connectivity index (χ0v) is 11.8. The van der Waals surface area contributed by atoms with Gasteiger partial charge in [-0.3, -0.25) is 4.57 Å².